The number of aromatic nitrogens is 2. The maximum Gasteiger partial charge on any atom is 0.410 e. The van der Waals surface area contributed by atoms with E-state index in [4.69, 9.17) is 4.74 Å². The summed E-state index contributed by atoms with van der Waals surface area (Å²) in [6.45, 7) is 0.645. The van der Waals surface area contributed by atoms with Crippen LogP contribution in [0.5, 0.6) is 0 Å². The van der Waals surface area contributed by atoms with Crippen LogP contribution in [0, 0.1) is 0 Å². The first-order valence-corrected chi connectivity index (χ1v) is 7.08. The standard InChI is InChI=1S/C17H17N3O2/c1-20(17(21)22-12-13-7-3-2-4-8-13)11-16-18-14-9-5-6-10-15(14)19-16/h2-10H,11-12H2,1H3,(H,18,19). The van der Waals surface area contributed by atoms with E-state index in [0.29, 0.717) is 6.54 Å². The van der Waals surface area contributed by atoms with E-state index in [-0.39, 0.29) is 12.7 Å². The fraction of sp³-hybridized carbons (Fsp3) is 0.176. The molecule has 22 heavy (non-hydrogen) atoms. The van der Waals surface area contributed by atoms with Crippen LogP contribution in [0.4, 0.5) is 4.79 Å². The van der Waals surface area contributed by atoms with Crippen molar-refractivity contribution in [3.8, 4) is 0 Å². The van der Waals surface area contributed by atoms with Crippen molar-refractivity contribution in [3.63, 3.8) is 0 Å². The largest absolute Gasteiger partial charge is 0.445 e. The summed E-state index contributed by atoms with van der Waals surface area (Å²) < 4.78 is 5.28. The molecule has 1 heterocycles. The molecule has 0 fully saturated rings. The first-order valence-electron chi connectivity index (χ1n) is 7.08. The van der Waals surface area contributed by atoms with Gasteiger partial charge < -0.3 is 14.6 Å². The van der Waals surface area contributed by atoms with Crippen LogP contribution < -0.4 is 0 Å². The van der Waals surface area contributed by atoms with Crippen molar-refractivity contribution in [2.45, 2.75) is 13.2 Å². The number of rotatable bonds is 4. The summed E-state index contributed by atoms with van der Waals surface area (Å²) in [5.74, 6) is 0.736. The van der Waals surface area contributed by atoms with Crippen LogP contribution in [0.3, 0.4) is 0 Å². The van der Waals surface area contributed by atoms with Crippen molar-refractivity contribution in [1.82, 2.24) is 14.9 Å². The normalized spacial score (nSPS) is 10.6. The lowest BCUT2D eigenvalue weighted by molar-refractivity contribution is 0.102. The first kappa shape index (κ1) is 14.1. The minimum Gasteiger partial charge on any atom is -0.445 e. The second-order valence-electron chi connectivity index (χ2n) is 5.10. The van der Waals surface area contributed by atoms with Crippen LogP contribution >= 0.6 is 0 Å². The van der Waals surface area contributed by atoms with Gasteiger partial charge in [0.25, 0.3) is 0 Å². The number of para-hydroxylation sites is 2. The van der Waals surface area contributed by atoms with Gasteiger partial charge in [-0.05, 0) is 17.7 Å². The van der Waals surface area contributed by atoms with Crippen molar-refractivity contribution in [2.24, 2.45) is 0 Å². The first-order chi connectivity index (χ1) is 10.7. The Bertz CT molecular complexity index is 735. The molecule has 0 atom stereocenters. The summed E-state index contributed by atoms with van der Waals surface area (Å²) in [6.07, 6.45) is -0.371. The van der Waals surface area contributed by atoms with Crippen molar-refractivity contribution in [1.29, 1.82) is 0 Å². The van der Waals surface area contributed by atoms with Crippen LogP contribution in [0.1, 0.15) is 11.4 Å². The fourth-order valence-electron chi connectivity index (χ4n) is 2.20. The van der Waals surface area contributed by atoms with Gasteiger partial charge in [-0.3, -0.25) is 0 Å². The van der Waals surface area contributed by atoms with Crippen LogP contribution in [-0.2, 0) is 17.9 Å². The van der Waals surface area contributed by atoms with Gasteiger partial charge in [0.05, 0.1) is 17.6 Å². The Hall–Kier alpha value is -2.82. The zero-order chi connectivity index (χ0) is 15.4. The zero-order valence-electron chi connectivity index (χ0n) is 12.3. The monoisotopic (exact) mass is 295 g/mol. The predicted octanol–water partition coefficient (Wildman–Crippen LogP) is 3.33. The molecule has 0 aliphatic heterocycles. The second-order valence-corrected chi connectivity index (χ2v) is 5.10. The van der Waals surface area contributed by atoms with Gasteiger partial charge in [0, 0.05) is 7.05 Å². The summed E-state index contributed by atoms with van der Waals surface area (Å²) >= 11 is 0. The molecule has 0 bridgehead atoms. The predicted molar refractivity (Wildman–Crippen MR) is 84.2 cm³/mol. The molecular formula is C17H17N3O2. The van der Waals surface area contributed by atoms with Gasteiger partial charge in [0.1, 0.15) is 12.4 Å². The van der Waals surface area contributed by atoms with Gasteiger partial charge in [0.2, 0.25) is 0 Å². The molecule has 5 nitrogen and oxygen atoms in total. The van der Waals surface area contributed by atoms with Crippen LogP contribution in [0.2, 0.25) is 0 Å². The fourth-order valence-corrected chi connectivity index (χ4v) is 2.20. The Kier molecular flexibility index (Phi) is 4.05. The number of imidazole rings is 1. The van der Waals surface area contributed by atoms with Gasteiger partial charge >= 0.3 is 6.09 Å². The lowest BCUT2D eigenvalue weighted by Crippen LogP contribution is -2.27. The second kappa shape index (κ2) is 6.30. The topological polar surface area (TPSA) is 58.2 Å². The van der Waals surface area contributed by atoms with E-state index < -0.39 is 0 Å². The Labute approximate surface area is 128 Å². The molecule has 1 amide bonds. The number of amides is 1. The average molecular weight is 295 g/mol. The molecule has 0 aliphatic rings. The van der Waals surface area contributed by atoms with Gasteiger partial charge in [-0.25, -0.2) is 9.78 Å². The summed E-state index contributed by atoms with van der Waals surface area (Å²) in [4.78, 5) is 21.1. The number of nitrogens with one attached hydrogen (secondary N) is 1. The van der Waals surface area contributed by atoms with Gasteiger partial charge in [-0.1, -0.05) is 42.5 Å². The van der Waals surface area contributed by atoms with Gasteiger partial charge in [-0.15, -0.1) is 0 Å². The van der Waals surface area contributed by atoms with Gasteiger partial charge in [0.15, 0.2) is 0 Å². The number of H-pyrrole nitrogens is 1. The third-order valence-corrected chi connectivity index (χ3v) is 3.34. The number of hydrogen-bond donors (Lipinski definition) is 1. The highest BCUT2D eigenvalue weighted by atomic mass is 16.6. The number of nitrogens with zero attached hydrogens (tertiary/aromatic N) is 2. The molecule has 5 heteroatoms. The van der Waals surface area contributed by atoms with Crippen LogP contribution in [0.15, 0.2) is 54.6 Å². The number of fused-ring (bicyclic) bond motifs is 1. The SMILES string of the molecule is CN(Cc1nc2ccccc2[nH]1)C(=O)OCc1ccccc1. The Morgan fingerprint density at radius 3 is 2.64 bits per heavy atom. The summed E-state index contributed by atoms with van der Waals surface area (Å²) in [7, 11) is 1.69. The highest BCUT2D eigenvalue weighted by Gasteiger charge is 2.13. The quantitative estimate of drug-likeness (QED) is 0.803. The van der Waals surface area contributed by atoms with Gasteiger partial charge in [-0.2, -0.15) is 0 Å². The molecule has 0 radical (unpaired) electrons. The van der Waals surface area contributed by atoms with Crippen LogP contribution in [-0.4, -0.2) is 28.0 Å². The molecule has 0 aliphatic carbocycles. The van der Waals surface area contributed by atoms with E-state index >= 15 is 0 Å². The zero-order valence-corrected chi connectivity index (χ0v) is 12.3. The molecule has 0 spiro atoms. The van der Waals surface area contributed by atoms with E-state index in [1.165, 1.54) is 4.90 Å². The lowest BCUT2D eigenvalue weighted by atomic mass is 10.2. The molecule has 3 rings (SSSR count). The number of carbonyl (C=O) groups excluding carboxylic acids is 1. The van der Waals surface area contributed by atoms with Crippen molar-refractivity contribution in [2.75, 3.05) is 7.05 Å². The van der Waals surface area contributed by atoms with E-state index in [2.05, 4.69) is 9.97 Å². The van der Waals surface area contributed by atoms with E-state index in [0.717, 1.165) is 22.4 Å². The van der Waals surface area contributed by atoms with Crippen molar-refractivity contribution >= 4 is 17.1 Å². The smallest absolute Gasteiger partial charge is 0.410 e. The third kappa shape index (κ3) is 3.25. The molecular weight excluding hydrogens is 278 g/mol. The molecule has 1 aromatic heterocycles. The Morgan fingerprint density at radius 2 is 1.86 bits per heavy atom. The minimum atomic E-state index is -0.371. The molecule has 0 saturated carbocycles. The maximum atomic E-state index is 12.0. The number of aromatic amines is 1. The van der Waals surface area contributed by atoms with Crippen LogP contribution in [0.25, 0.3) is 11.0 Å². The van der Waals surface area contributed by atoms with Crippen molar-refractivity contribution < 1.29 is 9.53 Å². The molecule has 3 aromatic rings. The minimum absolute atomic E-state index is 0.268. The number of carbonyl (C=O) groups is 1. The average Bonchev–Trinajstić information content (AvgIpc) is 2.95. The Balaban J connectivity index is 1.58. The Morgan fingerprint density at radius 1 is 1.14 bits per heavy atom. The summed E-state index contributed by atoms with van der Waals surface area (Å²) in [5, 5.41) is 0. The molecule has 1 N–H and O–H groups in total. The van der Waals surface area contributed by atoms with E-state index in [9.17, 15) is 4.79 Å². The third-order valence-electron chi connectivity index (χ3n) is 3.34. The molecule has 0 unspecified atom stereocenters. The number of ether oxygens (including phenoxy) is 1. The summed E-state index contributed by atoms with van der Waals surface area (Å²) in [6, 6.07) is 17.4. The lowest BCUT2D eigenvalue weighted by Gasteiger charge is -2.15. The van der Waals surface area contributed by atoms with E-state index in [1.807, 2.05) is 54.6 Å². The molecule has 2 aromatic carbocycles. The molecule has 0 saturated heterocycles. The molecule has 112 valence electrons. The van der Waals surface area contributed by atoms with E-state index in [1.54, 1.807) is 7.05 Å². The van der Waals surface area contributed by atoms with Crippen molar-refractivity contribution in [3.05, 3.63) is 66.0 Å². The summed E-state index contributed by atoms with van der Waals surface area (Å²) in [5.41, 5.74) is 2.82. The number of hydrogen-bond acceptors (Lipinski definition) is 3. The number of benzene rings is 2. The highest BCUT2D eigenvalue weighted by Crippen LogP contribution is 2.12. The highest BCUT2D eigenvalue weighted by molar-refractivity contribution is 5.75. The maximum absolute atomic E-state index is 12.0.